The SMILES string of the molecule is COc1cc(C2(O)CCC2)cc(F)c1F. The van der Waals surface area contributed by atoms with E-state index in [1.165, 1.54) is 13.2 Å². The van der Waals surface area contributed by atoms with Crippen molar-refractivity contribution in [2.45, 2.75) is 24.9 Å². The van der Waals surface area contributed by atoms with Crippen molar-refractivity contribution in [3.63, 3.8) is 0 Å². The fourth-order valence-electron chi connectivity index (χ4n) is 1.78. The Morgan fingerprint density at radius 1 is 1.33 bits per heavy atom. The van der Waals surface area contributed by atoms with Crippen molar-refractivity contribution >= 4 is 0 Å². The van der Waals surface area contributed by atoms with Gasteiger partial charge in [0.05, 0.1) is 12.7 Å². The largest absolute Gasteiger partial charge is 0.494 e. The lowest BCUT2D eigenvalue weighted by Crippen LogP contribution is -2.33. The molecule has 0 amide bonds. The summed E-state index contributed by atoms with van der Waals surface area (Å²) in [6.45, 7) is 0. The number of hydrogen-bond acceptors (Lipinski definition) is 2. The lowest BCUT2D eigenvalue weighted by Gasteiger charge is -2.37. The van der Waals surface area contributed by atoms with Crippen LogP contribution in [0.3, 0.4) is 0 Å². The average Bonchev–Trinajstić information content (AvgIpc) is 2.18. The quantitative estimate of drug-likeness (QED) is 0.818. The van der Waals surface area contributed by atoms with E-state index in [9.17, 15) is 13.9 Å². The molecule has 0 heterocycles. The first-order valence-electron chi connectivity index (χ1n) is 4.83. The summed E-state index contributed by atoms with van der Waals surface area (Å²) < 4.78 is 31.0. The molecule has 1 aliphatic rings. The van der Waals surface area contributed by atoms with Gasteiger partial charge in [-0.15, -0.1) is 0 Å². The Morgan fingerprint density at radius 3 is 2.47 bits per heavy atom. The van der Waals surface area contributed by atoms with E-state index in [1.54, 1.807) is 0 Å². The highest BCUT2D eigenvalue weighted by Gasteiger charge is 2.37. The minimum absolute atomic E-state index is 0.162. The fraction of sp³-hybridized carbons (Fsp3) is 0.455. The van der Waals surface area contributed by atoms with Gasteiger partial charge >= 0.3 is 0 Å². The van der Waals surface area contributed by atoms with Crippen molar-refractivity contribution in [1.29, 1.82) is 0 Å². The maximum absolute atomic E-state index is 13.2. The van der Waals surface area contributed by atoms with E-state index >= 15 is 0 Å². The second-order valence-corrected chi connectivity index (χ2v) is 3.86. The van der Waals surface area contributed by atoms with Crippen LogP contribution in [0.15, 0.2) is 12.1 Å². The van der Waals surface area contributed by atoms with Crippen LogP contribution in [0.5, 0.6) is 5.75 Å². The molecular formula is C11H12F2O2. The van der Waals surface area contributed by atoms with E-state index < -0.39 is 17.2 Å². The molecule has 1 saturated carbocycles. The highest BCUT2D eigenvalue weighted by Crippen LogP contribution is 2.42. The number of methoxy groups -OCH3 is 1. The highest BCUT2D eigenvalue weighted by atomic mass is 19.2. The first-order chi connectivity index (χ1) is 7.07. The molecular weight excluding hydrogens is 202 g/mol. The van der Waals surface area contributed by atoms with Crippen LogP contribution in [0.1, 0.15) is 24.8 Å². The maximum Gasteiger partial charge on any atom is 0.200 e. The van der Waals surface area contributed by atoms with Crippen LogP contribution in [0.4, 0.5) is 8.78 Å². The van der Waals surface area contributed by atoms with Crippen LogP contribution in [-0.2, 0) is 5.60 Å². The second-order valence-electron chi connectivity index (χ2n) is 3.86. The number of benzene rings is 1. The molecule has 0 spiro atoms. The van der Waals surface area contributed by atoms with E-state index in [0.29, 0.717) is 18.4 Å². The molecule has 1 N–H and O–H groups in total. The smallest absolute Gasteiger partial charge is 0.200 e. The van der Waals surface area contributed by atoms with Gasteiger partial charge in [-0.1, -0.05) is 0 Å². The van der Waals surface area contributed by atoms with E-state index in [1.807, 2.05) is 0 Å². The maximum atomic E-state index is 13.2. The summed E-state index contributed by atoms with van der Waals surface area (Å²) in [5.41, 5.74) is -0.605. The van der Waals surface area contributed by atoms with Crippen molar-refractivity contribution < 1.29 is 18.6 Å². The van der Waals surface area contributed by atoms with Gasteiger partial charge in [-0.2, -0.15) is 4.39 Å². The van der Waals surface area contributed by atoms with Gasteiger partial charge in [0.25, 0.3) is 0 Å². The van der Waals surface area contributed by atoms with Crippen LogP contribution < -0.4 is 4.74 Å². The molecule has 0 saturated heterocycles. The number of hydrogen-bond donors (Lipinski definition) is 1. The Morgan fingerprint density at radius 2 is 2.00 bits per heavy atom. The molecule has 82 valence electrons. The van der Waals surface area contributed by atoms with Crippen molar-refractivity contribution in [1.82, 2.24) is 0 Å². The molecule has 0 radical (unpaired) electrons. The van der Waals surface area contributed by atoms with Crippen LogP contribution >= 0.6 is 0 Å². The lowest BCUT2D eigenvalue weighted by molar-refractivity contribution is -0.0392. The summed E-state index contributed by atoms with van der Waals surface area (Å²) >= 11 is 0. The molecule has 2 rings (SSSR count). The first kappa shape index (κ1) is 10.4. The summed E-state index contributed by atoms with van der Waals surface area (Å²) in [6, 6.07) is 2.40. The van der Waals surface area contributed by atoms with Gasteiger partial charge in [-0.3, -0.25) is 0 Å². The van der Waals surface area contributed by atoms with Crippen molar-refractivity contribution in [2.24, 2.45) is 0 Å². The molecule has 1 aliphatic carbocycles. The molecule has 0 aliphatic heterocycles. The third-order valence-electron chi connectivity index (χ3n) is 2.93. The Kier molecular flexibility index (Phi) is 2.38. The lowest BCUT2D eigenvalue weighted by atomic mass is 9.75. The zero-order chi connectivity index (χ0) is 11.1. The van der Waals surface area contributed by atoms with Gasteiger partial charge in [0.2, 0.25) is 5.82 Å². The normalized spacial score (nSPS) is 18.4. The summed E-state index contributed by atoms with van der Waals surface area (Å²) in [5, 5.41) is 9.97. The van der Waals surface area contributed by atoms with Crippen molar-refractivity contribution in [3.05, 3.63) is 29.3 Å². The highest BCUT2D eigenvalue weighted by molar-refractivity contribution is 5.35. The Balaban J connectivity index is 2.45. The first-order valence-corrected chi connectivity index (χ1v) is 4.83. The predicted molar refractivity (Wildman–Crippen MR) is 50.7 cm³/mol. The topological polar surface area (TPSA) is 29.5 Å². The zero-order valence-corrected chi connectivity index (χ0v) is 8.39. The molecule has 1 fully saturated rings. The third kappa shape index (κ3) is 1.59. The van der Waals surface area contributed by atoms with Crippen LogP contribution in [0, 0.1) is 11.6 Å². The van der Waals surface area contributed by atoms with Crippen molar-refractivity contribution in [3.8, 4) is 5.75 Å². The molecule has 0 aromatic heterocycles. The summed E-state index contributed by atoms with van der Waals surface area (Å²) in [7, 11) is 1.27. The van der Waals surface area contributed by atoms with Crippen LogP contribution in [0.25, 0.3) is 0 Å². The monoisotopic (exact) mass is 214 g/mol. The van der Waals surface area contributed by atoms with E-state index in [2.05, 4.69) is 0 Å². The second kappa shape index (κ2) is 3.45. The van der Waals surface area contributed by atoms with Gasteiger partial charge in [0, 0.05) is 0 Å². The van der Waals surface area contributed by atoms with E-state index in [0.717, 1.165) is 12.5 Å². The minimum Gasteiger partial charge on any atom is -0.494 e. The van der Waals surface area contributed by atoms with Crippen LogP contribution in [-0.4, -0.2) is 12.2 Å². The molecule has 0 bridgehead atoms. The molecule has 1 aromatic carbocycles. The summed E-state index contributed by atoms with van der Waals surface area (Å²) in [6.07, 6.45) is 2.07. The van der Waals surface area contributed by atoms with E-state index in [-0.39, 0.29) is 5.75 Å². The minimum atomic E-state index is -1.01. The van der Waals surface area contributed by atoms with Crippen LogP contribution in [0.2, 0.25) is 0 Å². The number of aliphatic hydroxyl groups is 1. The summed E-state index contributed by atoms with van der Waals surface area (Å²) in [5.74, 6) is -2.15. The van der Waals surface area contributed by atoms with Gasteiger partial charge < -0.3 is 9.84 Å². The van der Waals surface area contributed by atoms with E-state index in [4.69, 9.17) is 4.74 Å². The molecule has 4 heteroatoms. The molecule has 0 atom stereocenters. The third-order valence-corrected chi connectivity index (χ3v) is 2.93. The van der Waals surface area contributed by atoms with Gasteiger partial charge in [0.1, 0.15) is 0 Å². The zero-order valence-electron chi connectivity index (χ0n) is 8.39. The molecule has 15 heavy (non-hydrogen) atoms. The number of ether oxygens (including phenoxy) is 1. The van der Waals surface area contributed by atoms with Crippen molar-refractivity contribution in [2.75, 3.05) is 7.11 Å². The Hall–Kier alpha value is -1.16. The number of rotatable bonds is 2. The van der Waals surface area contributed by atoms with Gasteiger partial charge in [0.15, 0.2) is 11.6 Å². The number of halogens is 2. The summed E-state index contributed by atoms with van der Waals surface area (Å²) in [4.78, 5) is 0. The van der Waals surface area contributed by atoms with Gasteiger partial charge in [-0.25, -0.2) is 4.39 Å². The molecule has 1 aromatic rings. The Labute approximate surface area is 86.5 Å². The predicted octanol–water partition coefficient (Wildman–Crippen LogP) is 2.34. The standard InChI is InChI=1S/C11H12F2O2/c1-15-9-6-7(5-8(12)10(9)13)11(14)3-2-4-11/h5-6,14H,2-4H2,1H3. The molecule has 2 nitrogen and oxygen atoms in total. The fourth-order valence-corrected chi connectivity index (χ4v) is 1.78. The van der Waals surface area contributed by atoms with Gasteiger partial charge in [-0.05, 0) is 37.0 Å². The Bertz CT molecular complexity index is 386. The molecule has 0 unspecified atom stereocenters. The average molecular weight is 214 g/mol.